The number of aromatic nitrogens is 1. The van der Waals surface area contributed by atoms with Crippen LogP contribution in [0, 0.1) is 11.6 Å². The van der Waals surface area contributed by atoms with Crippen molar-refractivity contribution < 1.29 is 8.78 Å². The van der Waals surface area contributed by atoms with Crippen molar-refractivity contribution in [2.75, 3.05) is 6.54 Å². The molecule has 1 aromatic heterocycles. The molecule has 0 radical (unpaired) electrons. The summed E-state index contributed by atoms with van der Waals surface area (Å²) in [6.45, 7) is 1.66. The molecule has 88 valence electrons. The fourth-order valence-electron chi connectivity index (χ4n) is 1.91. The van der Waals surface area contributed by atoms with Crippen LogP contribution in [-0.2, 0) is 13.0 Å². The number of nitrogens with one attached hydrogen (secondary N) is 1. The number of thiazole rings is 1. The van der Waals surface area contributed by atoms with Gasteiger partial charge < -0.3 is 5.32 Å². The van der Waals surface area contributed by atoms with Gasteiger partial charge in [-0.2, -0.15) is 0 Å². The Morgan fingerprint density at radius 3 is 3.00 bits per heavy atom. The predicted octanol–water partition coefficient (Wildman–Crippen LogP) is 2.73. The van der Waals surface area contributed by atoms with E-state index < -0.39 is 11.6 Å². The highest BCUT2D eigenvalue weighted by molar-refractivity contribution is 7.15. The van der Waals surface area contributed by atoms with Crippen LogP contribution < -0.4 is 5.32 Å². The monoisotopic (exact) mass is 252 g/mol. The van der Waals surface area contributed by atoms with E-state index >= 15 is 0 Å². The lowest BCUT2D eigenvalue weighted by Gasteiger charge is -2.09. The van der Waals surface area contributed by atoms with Gasteiger partial charge in [0, 0.05) is 30.0 Å². The Kier molecular flexibility index (Phi) is 2.64. The highest BCUT2D eigenvalue weighted by Crippen LogP contribution is 2.31. The number of fused-ring (bicyclic) bond motifs is 1. The lowest BCUT2D eigenvalue weighted by molar-refractivity contribution is 0.511. The van der Waals surface area contributed by atoms with Gasteiger partial charge in [-0.3, -0.25) is 0 Å². The molecule has 3 rings (SSSR count). The first-order valence-corrected chi connectivity index (χ1v) is 6.21. The van der Waals surface area contributed by atoms with Gasteiger partial charge in [-0.25, -0.2) is 13.8 Å². The Labute approximate surface area is 101 Å². The largest absolute Gasteiger partial charge is 0.311 e. The first kappa shape index (κ1) is 10.8. The Balaban J connectivity index is 2.09. The maximum Gasteiger partial charge on any atom is 0.169 e. The summed E-state index contributed by atoms with van der Waals surface area (Å²) < 4.78 is 26.8. The first-order valence-electron chi connectivity index (χ1n) is 5.39. The quantitative estimate of drug-likeness (QED) is 0.844. The fourth-order valence-corrected chi connectivity index (χ4v) is 3.01. The molecule has 5 heteroatoms. The summed E-state index contributed by atoms with van der Waals surface area (Å²) in [6, 6.07) is 4.19. The van der Waals surface area contributed by atoms with E-state index in [0.29, 0.717) is 5.01 Å². The maximum atomic E-state index is 13.6. The number of hydrogen-bond donors (Lipinski definition) is 1. The van der Waals surface area contributed by atoms with Gasteiger partial charge in [-0.05, 0) is 12.1 Å². The van der Waals surface area contributed by atoms with E-state index in [1.165, 1.54) is 17.4 Å². The number of benzene rings is 1. The van der Waals surface area contributed by atoms with Gasteiger partial charge in [0.15, 0.2) is 11.6 Å². The minimum absolute atomic E-state index is 0.254. The third-order valence-electron chi connectivity index (χ3n) is 2.78. The van der Waals surface area contributed by atoms with E-state index in [-0.39, 0.29) is 5.56 Å². The van der Waals surface area contributed by atoms with Crippen LogP contribution in [0.5, 0.6) is 0 Å². The SMILES string of the molecule is Fc1cccc(-c2nc3c(s2)CNCC3)c1F. The van der Waals surface area contributed by atoms with Crippen molar-refractivity contribution in [1.82, 2.24) is 10.3 Å². The maximum absolute atomic E-state index is 13.6. The van der Waals surface area contributed by atoms with Crippen LogP contribution in [0.3, 0.4) is 0 Å². The molecule has 2 nitrogen and oxygen atoms in total. The Morgan fingerprint density at radius 1 is 1.29 bits per heavy atom. The van der Waals surface area contributed by atoms with Crippen LogP contribution in [0.25, 0.3) is 10.6 Å². The van der Waals surface area contributed by atoms with E-state index in [1.807, 2.05) is 0 Å². The number of hydrogen-bond acceptors (Lipinski definition) is 3. The van der Waals surface area contributed by atoms with Crippen LogP contribution in [0.2, 0.25) is 0 Å². The third kappa shape index (κ3) is 1.85. The van der Waals surface area contributed by atoms with Crippen molar-refractivity contribution in [1.29, 1.82) is 0 Å². The molecule has 1 N–H and O–H groups in total. The van der Waals surface area contributed by atoms with E-state index in [4.69, 9.17) is 0 Å². The van der Waals surface area contributed by atoms with Crippen molar-refractivity contribution in [3.63, 3.8) is 0 Å². The summed E-state index contributed by atoms with van der Waals surface area (Å²) in [7, 11) is 0. The lowest BCUT2D eigenvalue weighted by atomic mass is 10.2. The second-order valence-corrected chi connectivity index (χ2v) is 5.00. The molecule has 2 aromatic rings. The van der Waals surface area contributed by atoms with E-state index in [2.05, 4.69) is 10.3 Å². The van der Waals surface area contributed by atoms with E-state index in [0.717, 1.165) is 36.1 Å². The lowest BCUT2D eigenvalue weighted by Crippen LogP contribution is -2.22. The molecule has 0 fully saturated rings. The standard InChI is InChI=1S/C12H10F2N2S/c13-8-3-1-2-7(11(8)14)12-16-9-4-5-15-6-10(9)17-12/h1-3,15H,4-6H2. The Hall–Kier alpha value is -1.33. The third-order valence-corrected chi connectivity index (χ3v) is 3.92. The minimum atomic E-state index is -0.825. The molecule has 0 bridgehead atoms. The van der Waals surface area contributed by atoms with Gasteiger partial charge in [0.1, 0.15) is 5.01 Å². The Morgan fingerprint density at radius 2 is 2.18 bits per heavy atom. The number of halogens is 2. The molecule has 0 atom stereocenters. The average Bonchev–Trinajstić information content (AvgIpc) is 2.76. The minimum Gasteiger partial charge on any atom is -0.311 e. The molecular weight excluding hydrogens is 242 g/mol. The highest BCUT2D eigenvalue weighted by Gasteiger charge is 2.18. The molecule has 0 unspecified atom stereocenters. The van der Waals surface area contributed by atoms with Gasteiger partial charge in [0.25, 0.3) is 0 Å². The van der Waals surface area contributed by atoms with E-state index in [1.54, 1.807) is 6.07 Å². The van der Waals surface area contributed by atoms with E-state index in [9.17, 15) is 8.78 Å². The van der Waals surface area contributed by atoms with Crippen molar-refractivity contribution in [3.05, 3.63) is 40.4 Å². The topological polar surface area (TPSA) is 24.9 Å². The molecule has 0 amide bonds. The van der Waals surface area contributed by atoms with Gasteiger partial charge >= 0.3 is 0 Å². The zero-order chi connectivity index (χ0) is 11.8. The van der Waals surface area contributed by atoms with Crippen LogP contribution in [0.4, 0.5) is 8.78 Å². The van der Waals surface area contributed by atoms with Crippen molar-refractivity contribution >= 4 is 11.3 Å². The first-order chi connectivity index (χ1) is 8.25. The van der Waals surface area contributed by atoms with Gasteiger partial charge in [0.05, 0.1) is 5.69 Å². The second-order valence-electron chi connectivity index (χ2n) is 3.92. The molecule has 1 aliphatic heterocycles. The fraction of sp³-hybridized carbons (Fsp3) is 0.250. The molecule has 1 aromatic carbocycles. The zero-order valence-electron chi connectivity index (χ0n) is 8.96. The summed E-state index contributed by atoms with van der Waals surface area (Å²) >= 11 is 1.43. The molecule has 2 heterocycles. The molecule has 17 heavy (non-hydrogen) atoms. The Bertz CT molecular complexity index is 542. The van der Waals surface area contributed by atoms with Crippen molar-refractivity contribution in [2.45, 2.75) is 13.0 Å². The van der Waals surface area contributed by atoms with Gasteiger partial charge in [-0.15, -0.1) is 11.3 Å². The summed E-state index contributed by atoms with van der Waals surface area (Å²) in [5, 5.41) is 3.80. The smallest absolute Gasteiger partial charge is 0.169 e. The van der Waals surface area contributed by atoms with Crippen LogP contribution in [-0.4, -0.2) is 11.5 Å². The molecule has 1 aliphatic rings. The summed E-state index contributed by atoms with van der Waals surface area (Å²) in [6.07, 6.45) is 0.850. The van der Waals surface area contributed by atoms with Crippen LogP contribution >= 0.6 is 11.3 Å². The van der Waals surface area contributed by atoms with Crippen LogP contribution in [0.15, 0.2) is 18.2 Å². The number of rotatable bonds is 1. The second kappa shape index (κ2) is 4.16. The molecule has 0 aliphatic carbocycles. The summed E-state index contributed by atoms with van der Waals surface area (Å²) in [5.74, 6) is -1.64. The highest BCUT2D eigenvalue weighted by atomic mass is 32.1. The zero-order valence-corrected chi connectivity index (χ0v) is 9.78. The van der Waals surface area contributed by atoms with Crippen LogP contribution in [0.1, 0.15) is 10.6 Å². The summed E-state index contributed by atoms with van der Waals surface area (Å²) in [5.41, 5.74) is 1.26. The normalized spacial score (nSPS) is 14.7. The van der Waals surface area contributed by atoms with Crippen molar-refractivity contribution in [2.24, 2.45) is 0 Å². The molecule has 0 saturated carbocycles. The van der Waals surface area contributed by atoms with Gasteiger partial charge in [0.2, 0.25) is 0 Å². The average molecular weight is 252 g/mol. The molecule has 0 saturated heterocycles. The van der Waals surface area contributed by atoms with Crippen molar-refractivity contribution in [3.8, 4) is 10.6 Å². The van der Waals surface area contributed by atoms with Gasteiger partial charge in [-0.1, -0.05) is 6.07 Å². The molecular formula is C12H10F2N2S. The predicted molar refractivity (Wildman–Crippen MR) is 62.9 cm³/mol. The molecule has 0 spiro atoms. The number of nitrogens with zero attached hydrogens (tertiary/aromatic N) is 1. The summed E-state index contributed by atoms with van der Waals surface area (Å²) in [4.78, 5) is 5.52.